The fourth-order valence-corrected chi connectivity index (χ4v) is 3.67. The Morgan fingerprint density at radius 1 is 1.28 bits per heavy atom. The van der Waals surface area contributed by atoms with Crippen LogP contribution in [0.3, 0.4) is 0 Å². The molecule has 2 fully saturated rings. The number of nitrogens with one attached hydrogen (secondary N) is 2. The molecule has 0 saturated carbocycles. The molecule has 3 atom stereocenters. The first-order valence-corrected chi connectivity index (χ1v) is 8.84. The average Bonchev–Trinajstić information content (AvgIpc) is 3.31. The van der Waals surface area contributed by atoms with E-state index in [0.29, 0.717) is 12.4 Å². The van der Waals surface area contributed by atoms with Gasteiger partial charge in [-0.1, -0.05) is 30.3 Å². The molecule has 0 bridgehead atoms. The first kappa shape index (κ1) is 16.2. The number of alkyl halides is 1. The van der Waals surface area contributed by atoms with Gasteiger partial charge in [0.1, 0.15) is 12.0 Å². The smallest absolute Gasteiger partial charge is 0.239 e. The number of rotatable bonds is 3. The molecule has 1 aromatic carbocycles. The maximum absolute atomic E-state index is 13.4. The Kier molecular flexibility index (Phi) is 4.48. The number of hydrogen-bond acceptors (Lipinski definition) is 4. The lowest BCUT2D eigenvalue weighted by atomic mass is 9.96. The van der Waals surface area contributed by atoms with Gasteiger partial charge in [-0.05, 0) is 12.8 Å². The second kappa shape index (κ2) is 6.92. The van der Waals surface area contributed by atoms with Gasteiger partial charge in [-0.2, -0.15) is 5.10 Å². The highest BCUT2D eigenvalue weighted by Gasteiger charge is 2.35. The molecule has 1 amide bonds. The average molecular weight is 343 g/mol. The van der Waals surface area contributed by atoms with E-state index < -0.39 is 6.17 Å². The number of hydrogen-bond donors (Lipinski definition) is 2. The summed E-state index contributed by atoms with van der Waals surface area (Å²) in [7, 11) is 0. The highest BCUT2D eigenvalue weighted by Crippen LogP contribution is 2.27. The van der Waals surface area contributed by atoms with Gasteiger partial charge in [0.25, 0.3) is 0 Å². The van der Waals surface area contributed by atoms with E-state index in [4.69, 9.17) is 0 Å². The van der Waals surface area contributed by atoms with Crippen molar-refractivity contribution in [3.8, 4) is 11.4 Å². The quantitative estimate of drug-likeness (QED) is 0.892. The lowest BCUT2D eigenvalue weighted by Crippen LogP contribution is -2.47. The molecule has 1 aromatic heterocycles. The largest absolute Gasteiger partial charge is 0.341 e. The van der Waals surface area contributed by atoms with Crippen LogP contribution in [0.2, 0.25) is 0 Å². The van der Waals surface area contributed by atoms with E-state index >= 15 is 0 Å². The van der Waals surface area contributed by atoms with E-state index in [1.165, 1.54) is 0 Å². The Balaban J connectivity index is 1.45. The van der Waals surface area contributed by atoms with Gasteiger partial charge in [0.2, 0.25) is 5.91 Å². The second-order valence-corrected chi connectivity index (χ2v) is 6.83. The Hall–Kier alpha value is -2.28. The molecule has 2 aliphatic heterocycles. The fraction of sp³-hybridized carbons (Fsp3) is 0.500. The number of amides is 1. The molecule has 2 saturated heterocycles. The minimum atomic E-state index is -0.919. The Morgan fingerprint density at radius 3 is 2.88 bits per heavy atom. The van der Waals surface area contributed by atoms with Crippen molar-refractivity contribution < 1.29 is 9.18 Å². The zero-order chi connectivity index (χ0) is 17.2. The van der Waals surface area contributed by atoms with Gasteiger partial charge >= 0.3 is 0 Å². The first-order chi connectivity index (χ1) is 12.2. The van der Waals surface area contributed by atoms with Gasteiger partial charge in [-0.3, -0.25) is 9.89 Å². The summed E-state index contributed by atoms with van der Waals surface area (Å²) in [6, 6.07) is 9.44. The number of aromatic amines is 1. The van der Waals surface area contributed by atoms with Crippen molar-refractivity contribution in [2.45, 2.75) is 37.4 Å². The number of aromatic nitrogens is 3. The van der Waals surface area contributed by atoms with E-state index in [9.17, 15) is 9.18 Å². The molecule has 0 radical (unpaired) electrons. The zero-order valence-corrected chi connectivity index (χ0v) is 14.0. The topological polar surface area (TPSA) is 73.9 Å². The minimum Gasteiger partial charge on any atom is -0.341 e. The molecule has 0 unspecified atom stereocenters. The lowest BCUT2D eigenvalue weighted by Gasteiger charge is -2.33. The van der Waals surface area contributed by atoms with Crippen LogP contribution in [0.25, 0.3) is 11.4 Å². The molecule has 2 aromatic rings. The molecule has 6 nitrogen and oxygen atoms in total. The summed E-state index contributed by atoms with van der Waals surface area (Å²) in [5.41, 5.74) is 0.970. The minimum absolute atomic E-state index is 0.00708. The van der Waals surface area contributed by atoms with Gasteiger partial charge in [0, 0.05) is 37.5 Å². The van der Waals surface area contributed by atoms with Crippen LogP contribution in [0.4, 0.5) is 4.39 Å². The summed E-state index contributed by atoms with van der Waals surface area (Å²) >= 11 is 0. The molecule has 7 heteroatoms. The molecule has 2 N–H and O–H groups in total. The number of nitrogens with zero attached hydrogens (tertiary/aromatic N) is 3. The third-order valence-electron chi connectivity index (χ3n) is 5.03. The predicted molar refractivity (Wildman–Crippen MR) is 91.7 cm³/mol. The van der Waals surface area contributed by atoms with E-state index in [0.717, 1.165) is 30.8 Å². The molecule has 0 aliphatic carbocycles. The Labute approximate surface area is 145 Å². The van der Waals surface area contributed by atoms with Crippen LogP contribution in [-0.4, -0.2) is 57.8 Å². The highest BCUT2D eigenvalue weighted by molar-refractivity contribution is 5.82. The van der Waals surface area contributed by atoms with Crippen LogP contribution in [0, 0.1) is 0 Å². The molecule has 2 aliphatic rings. The maximum Gasteiger partial charge on any atom is 0.239 e. The zero-order valence-electron chi connectivity index (χ0n) is 14.0. The number of carbonyl (C=O) groups excluding carboxylic acids is 1. The van der Waals surface area contributed by atoms with Crippen LogP contribution >= 0.6 is 0 Å². The summed E-state index contributed by atoms with van der Waals surface area (Å²) in [5.74, 6) is 1.65. The predicted octanol–water partition coefficient (Wildman–Crippen LogP) is 1.88. The number of likely N-dealkylation sites (tertiary alicyclic amines) is 1. The highest BCUT2D eigenvalue weighted by atomic mass is 19.1. The molecular weight excluding hydrogens is 321 g/mol. The van der Waals surface area contributed by atoms with Crippen LogP contribution in [0.15, 0.2) is 30.3 Å². The molecular formula is C18H22FN5O. The van der Waals surface area contributed by atoms with Crippen LogP contribution in [-0.2, 0) is 4.79 Å². The summed E-state index contributed by atoms with van der Waals surface area (Å²) in [4.78, 5) is 19.1. The molecule has 3 heterocycles. The Bertz CT molecular complexity index is 734. The number of benzene rings is 1. The van der Waals surface area contributed by atoms with Crippen molar-refractivity contribution in [3.63, 3.8) is 0 Å². The van der Waals surface area contributed by atoms with Crippen molar-refractivity contribution in [3.05, 3.63) is 36.2 Å². The van der Waals surface area contributed by atoms with E-state index in [1.807, 2.05) is 35.2 Å². The number of piperidine rings is 1. The summed E-state index contributed by atoms with van der Waals surface area (Å²) in [6.07, 6.45) is 1.25. The monoisotopic (exact) mass is 343 g/mol. The third-order valence-corrected chi connectivity index (χ3v) is 5.03. The van der Waals surface area contributed by atoms with Crippen molar-refractivity contribution >= 4 is 5.91 Å². The van der Waals surface area contributed by atoms with Crippen LogP contribution in [0.1, 0.15) is 31.0 Å². The summed E-state index contributed by atoms with van der Waals surface area (Å²) in [5, 5.41) is 10.3. The van der Waals surface area contributed by atoms with Crippen molar-refractivity contribution in [1.82, 2.24) is 25.4 Å². The first-order valence-electron chi connectivity index (χ1n) is 8.84. The van der Waals surface area contributed by atoms with Gasteiger partial charge in [0.05, 0.1) is 6.04 Å². The number of halogens is 1. The molecule has 4 rings (SSSR count). The number of carbonyl (C=O) groups is 1. The van der Waals surface area contributed by atoms with Crippen LogP contribution < -0.4 is 5.32 Å². The van der Waals surface area contributed by atoms with E-state index in [2.05, 4.69) is 20.5 Å². The van der Waals surface area contributed by atoms with E-state index in [-0.39, 0.29) is 30.8 Å². The van der Waals surface area contributed by atoms with Gasteiger partial charge in [-0.15, -0.1) is 0 Å². The molecule has 0 spiro atoms. The molecule has 25 heavy (non-hydrogen) atoms. The SMILES string of the molecule is O=C([C@H]1C[C@H](F)CN1)N1CCC[C@@H](c2nc(-c3ccccc3)n[nH]2)C1. The third kappa shape index (κ3) is 3.42. The van der Waals surface area contributed by atoms with Crippen molar-refractivity contribution in [2.75, 3.05) is 19.6 Å². The molecule has 132 valence electrons. The van der Waals surface area contributed by atoms with Gasteiger partial charge < -0.3 is 10.2 Å². The van der Waals surface area contributed by atoms with Gasteiger partial charge in [-0.25, -0.2) is 9.37 Å². The van der Waals surface area contributed by atoms with Crippen molar-refractivity contribution in [1.29, 1.82) is 0 Å². The van der Waals surface area contributed by atoms with Crippen LogP contribution in [0.5, 0.6) is 0 Å². The second-order valence-electron chi connectivity index (χ2n) is 6.83. The summed E-state index contributed by atoms with van der Waals surface area (Å²) < 4.78 is 13.4. The van der Waals surface area contributed by atoms with E-state index in [1.54, 1.807) is 0 Å². The maximum atomic E-state index is 13.4. The standard InChI is InChI=1S/C18H22FN5O/c19-14-9-15(20-10-14)18(25)24-8-4-7-13(11-24)17-21-16(22-23-17)12-5-2-1-3-6-12/h1-3,5-6,13-15,20H,4,7-11H2,(H,21,22,23)/t13-,14+,15-/m1/s1. The summed E-state index contributed by atoms with van der Waals surface area (Å²) in [6.45, 7) is 1.61. The van der Waals surface area contributed by atoms with Crippen molar-refractivity contribution in [2.24, 2.45) is 0 Å². The number of H-pyrrole nitrogens is 1. The lowest BCUT2D eigenvalue weighted by molar-refractivity contribution is -0.134. The fourth-order valence-electron chi connectivity index (χ4n) is 3.67. The van der Waals surface area contributed by atoms with Gasteiger partial charge in [0.15, 0.2) is 5.82 Å². The normalized spacial score (nSPS) is 26.8. The Morgan fingerprint density at radius 2 is 2.12 bits per heavy atom.